The maximum absolute atomic E-state index is 13.4. The molecule has 2 heterocycles. The molecule has 2 aromatic rings. The summed E-state index contributed by atoms with van der Waals surface area (Å²) in [6.45, 7) is 6.29. The van der Waals surface area contributed by atoms with E-state index in [1.807, 2.05) is 36.9 Å². The van der Waals surface area contributed by atoms with E-state index in [9.17, 15) is 4.39 Å². The zero-order chi connectivity index (χ0) is 20.9. The average Bonchev–Trinajstić information content (AvgIpc) is 3.37. The van der Waals surface area contributed by atoms with Crippen molar-refractivity contribution in [3.8, 4) is 5.69 Å². The van der Waals surface area contributed by atoms with Crippen LogP contribution in [0.5, 0.6) is 0 Å². The van der Waals surface area contributed by atoms with Crippen molar-refractivity contribution in [2.45, 2.75) is 58.0 Å². The van der Waals surface area contributed by atoms with Gasteiger partial charge in [-0.2, -0.15) is 5.10 Å². The molecule has 0 radical (unpaired) electrons. The molecule has 2 aliphatic carbocycles. The minimum Gasteiger partial charge on any atom is -0.339 e. The van der Waals surface area contributed by atoms with E-state index in [1.54, 1.807) is 12.1 Å². The lowest BCUT2D eigenvalue weighted by Gasteiger charge is -2.42. The Morgan fingerprint density at radius 2 is 1.77 bits per heavy atom. The van der Waals surface area contributed by atoms with E-state index >= 15 is 0 Å². The Labute approximate surface area is 176 Å². The number of hydrogen-bond acceptors (Lipinski definition) is 3. The van der Waals surface area contributed by atoms with Gasteiger partial charge in [0.1, 0.15) is 18.0 Å². The highest BCUT2D eigenvalue weighted by atomic mass is 19.1. The predicted octanol–water partition coefficient (Wildman–Crippen LogP) is 5.38. The van der Waals surface area contributed by atoms with Crippen molar-refractivity contribution < 1.29 is 13.9 Å². The number of allylic oxidation sites excluding steroid dienone is 2. The molecule has 1 aromatic carbocycles. The van der Waals surface area contributed by atoms with Crippen molar-refractivity contribution in [2.75, 3.05) is 0 Å². The fourth-order valence-electron chi connectivity index (χ4n) is 5.25. The summed E-state index contributed by atoms with van der Waals surface area (Å²) in [7, 11) is 0. The number of halogens is 1. The van der Waals surface area contributed by atoms with E-state index in [4.69, 9.17) is 9.47 Å². The van der Waals surface area contributed by atoms with Crippen molar-refractivity contribution in [1.82, 2.24) is 9.78 Å². The van der Waals surface area contributed by atoms with Gasteiger partial charge in [0.15, 0.2) is 5.79 Å². The summed E-state index contributed by atoms with van der Waals surface area (Å²) in [5, 5.41) is 4.61. The minimum atomic E-state index is -0.636. The normalized spacial score (nSPS) is 32.9. The molecule has 0 amide bonds. The van der Waals surface area contributed by atoms with Crippen LogP contribution in [0.25, 0.3) is 11.8 Å². The van der Waals surface area contributed by atoms with Crippen molar-refractivity contribution in [2.24, 2.45) is 5.41 Å². The average molecular weight is 407 g/mol. The maximum Gasteiger partial charge on any atom is 0.179 e. The second-order valence-electron chi connectivity index (χ2n) is 8.59. The van der Waals surface area contributed by atoms with Gasteiger partial charge in [-0.25, -0.2) is 9.07 Å². The number of rotatable bonds is 3. The highest BCUT2D eigenvalue weighted by Crippen LogP contribution is 2.60. The first-order valence-corrected chi connectivity index (χ1v) is 10.6. The Balaban J connectivity index is 1.52. The summed E-state index contributed by atoms with van der Waals surface area (Å²) >= 11 is 0. The van der Waals surface area contributed by atoms with Gasteiger partial charge in [-0.3, -0.25) is 0 Å². The van der Waals surface area contributed by atoms with Crippen LogP contribution in [0.4, 0.5) is 4.39 Å². The van der Waals surface area contributed by atoms with E-state index < -0.39 is 5.79 Å². The Hall–Kier alpha value is -2.50. The van der Waals surface area contributed by atoms with Gasteiger partial charge >= 0.3 is 0 Å². The molecular formula is C25H27FN2O2. The molecule has 30 heavy (non-hydrogen) atoms. The van der Waals surface area contributed by atoms with E-state index in [2.05, 4.69) is 30.3 Å². The number of hydrogen-bond donors (Lipinski definition) is 0. The third kappa shape index (κ3) is 2.76. The quantitative estimate of drug-likeness (QED) is 0.642. The fraction of sp³-hybridized carbons (Fsp3) is 0.400. The SMILES string of the molecule is CC=C[C@H]1OC2(CCC3=Cc4c(cnn4-c4ccc(F)cc4)C[C@@]32C)O[C@@H]1C=CC. The van der Waals surface area contributed by atoms with E-state index in [-0.39, 0.29) is 23.4 Å². The molecular weight excluding hydrogens is 379 g/mol. The summed E-state index contributed by atoms with van der Waals surface area (Å²) in [5.74, 6) is -0.881. The Kier molecular flexibility index (Phi) is 4.56. The van der Waals surface area contributed by atoms with Crippen LogP contribution >= 0.6 is 0 Å². The number of fused-ring (bicyclic) bond motifs is 3. The van der Waals surface area contributed by atoms with Gasteiger partial charge in [-0.15, -0.1) is 0 Å². The van der Waals surface area contributed by atoms with Crippen LogP contribution in [-0.2, 0) is 15.9 Å². The summed E-state index contributed by atoms with van der Waals surface area (Å²) in [5.41, 5.74) is 4.18. The zero-order valence-corrected chi connectivity index (χ0v) is 17.6. The van der Waals surface area contributed by atoms with Gasteiger partial charge in [0.05, 0.1) is 17.6 Å². The zero-order valence-electron chi connectivity index (χ0n) is 17.6. The number of benzene rings is 1. The lowest BCUT2D eigenvalue weighted by atomic mass is 9.72. The second kappa shape index (κ2) is 7.03. The number of nitrogens with zero attached hydrogens (tertiary/aromatic N) is 2. The van der Waals surface area contributed by atoms with Crippen LogP contribution in [0.3, 0.4) is 0 Å². The molecule has 1 spiro atoms. The number of ether oxygens (including phenoxy) is 2. The summed E-state index contributed by atoms with van der Waals surface area (Å²) in [4.78, 5) is 0. The van der Waals surface area contributed by atoms with Crippen molar-refractivity contribution in [3.63, 3.8) is 0 Å². The standard InChI is InChI=1S/C25H27FN2O2/c1-4-6-22-23(7-5-2)30-25(29-22)13-12-18-14-21-17(15-24(18,25)3)16-27-28(21)20-10-8-19(26)9-11-20/h4-11,14,16,22-23H,12-13,15H2,1-3H3/t22-,23-,24+,25?/m1/s1. The predicted molar refractivity (Wildman–Crippen MR) is 115 cm³/mol. The molecule has 1 saturated carbocycles. The van der Waals surface area contributed by atoms with Gasteiger partial charge in [-0.1, -0.05) is 36.8 Å². The minimum absolute atomic E-state index is 0.0780. The monoisotopic (exact) mass is 406 g/mol. The van der Waals surface area contributed by atoms with Gasteiger partial charge < -0.3 is 9.47 Å². The molecule has 156 valence electrons. The van der Waals surface area contributed by atoms with Gasteiger partial charge in [0, 0.05) is 11.8 Å². The Morgan fingerprint density at radius 3 is 2.40 bits per heavy atom. The maximum atomic E-state index is 13.4. The second-order valence-corrected chi connectivity index (χ2v) is 8.59. The molecule has 3 aliphatic rings. The third-order valence-corrected chi connectivity index (χ3v) is 6.83. The van der Waals surface area contributed by atoms with Gasteiger partial charge in [-0.05, 0) is 62.6 Å². The summed E-state index contributed by atoms with van der Waals surface area (Å²) in [6, 6.07) is 6.46. The lowest BCUT2D eigenvalue weighted by molar-refractivity contribution is -0.219. The first kappa shape index (κ1) is 19.5. The highest BCUT2D eigenvalue weighted by Gasteiger charge is 2.63. The van der Waals surface area contributed by atoms with Gasteiger partial charge in [0.25, 0.3) is 0 Å². The van der Waals surface area contributed by atoms with Gasteiger partial charge in [0.2, 0.25) is 0 Å². The molecule has 3 atom stereocenters. The largest absolute Gasteiger partial charge is 0.339 e. The lowest BCUT2D eigenvalue weighted by Crippen LogP contribution is -2.46. The Morgan fingerprint density at radius 1 is 1.10 bits per heavy atom. The topological polar surface area (TPSA) is 36.3 Å². The molecule has 5 heteroatoms. The molecule has 1 aliphatic heterocycles. The van der Waals surface area contributed by atoms with Crippen LogP contribution < -0.4 is 0 Å². The fourth-order valence-corrected chi connectivity index (χ4v) is 5.25. The van der Waals surface area contributed by atoms with E-state index in [0.29, 0.717) is 0 Å². The molecule has 0 N–H and O–H groups in total. The van der Waals surface area contributed by atoms with Crippen LogP contribution in [-0.4, -0.2) is 27.8 Å². The summed E-state index contributed by atoms with van der Waals surface area (Å²) < 4.78 is 28.5. The molecule has 2 fully saturated rings. The smallest absolute Gasteiger partial charge is 0.179 e. The molecule has 4 nitrogen and oxygen atoms in total. The van der Waals surface area contributed by atoms with Crippen molar-refractivity contribution in [3.05, 3.63) is 77.4 Å². The molecule has 1 saturated heterocycles. The van der Waals surface area contributed by atoms with E-state index in [1.165, 1.54) is 17.7 Å². The van der Waals surface area contributed by atoms with Crippen LogP contribution in [0.15, 0.2) is 60.3 Å². The Bertz CT molecular complexity index is 1030. The first-order valence-electron chi connectivity index (χ1n) is 10.6. The molecule has 1 aromatic heterocycles. The van der Waals surface area contributed by atoms with Crippen molar-refractivity contribution >= 4 is 6.08 Å². The summed E-state index contributed by atoms with van der Waals surface area (Å²) in [6.07, 6.45) is 14.8. The van der Waals surface area contributed by atoms with Crippen molar-refractivity contribution in [1.29, 1.82) is 0 Å². The van der Waals surface area contributed by atoms with Crippen LogP contribution in [0.1, 0.15) is 44.9 Å². The molecule has 5 rings (SSSR count). The molecule has 0 unspecified atom stereocenters. The molecule has 0 bridgehead atoms. The van der Waals surface area contributed by atoms with Crippen LogP contribution in [0.2, 0.25) is 0 Å². The first-order chi connectivity index (χ1) is 14.5. The highest BCUT2D eigenvalue weighted by molar-refractivity contribution is 5.62. The van der Waals surface area contributed by atoms with Crippen LogP contribution in [0, 0.1) is 11.2 Å². The van der Waals surface area contributed by atoms with E-state index in [0.717, 1.165) is 36.2 Å². The number of aromatic nitrogens is 2. The third-order valence-electron chi connectivity index (χ3n) is 6.83.